The maximum absolute atomic E-state index is 11.9. The first-order chi connectivity index (χ1) is 9.65. The van der Waals surface area contributed by atoms with Crippen LogP contribution in [0.1, 0.15) is 27.1 Å². The molecule has 0 aliphatic rings. The zero-order chi connectivity index (χ0) is 16.2. The van der Waals surface area contributed by atoms with Gasteiger partial charge in [-0.3, -0.25) is 4.79 Å². The van der Waals surface area contributed by atoms with Gasteiger partial charge in [0.25, 0.3) is 0 Å². The normalized spacial score (nSPS) is 12.7. The molecule has 0 bridgehead atoms. The summed E-state index contributed by atoms with van der Waals surface area (Å²) in [6.45, 7) is 0. The maximum Gasteiger partial charge on any atom is 0.356 e. The van der Waals surface area contributed by atoms with Crippen LogP contribution in [0.25, 0.3) is 0 Å². The second kappa shape index (κ2) is 6.73. The van der Waals surface area contributed by atoms with Gasteiger partial charge >= 0.3 is 25.2 Å². The molecule has 0 radical (unpaired) electrons. The predicted molar refractivity (Wildman–Crippen MR) is 74.2 cm³/mol. The van der Waals surface area contributed by atoms with E-state index in [2.05, 4.69) is 0 Å². The highest BCUT2D eigenvalue weighted by Crippen LogP contribution is 2.53. The Balaban J connectivity index is 2.80. The molecule has 0 unspecified atom stereocenters. The van der Waals surface area contributed by atoms with Crippen LogP contribution in [0, 0.1) is 0 Å². The molecule has 21 heavy (non-hydrogen) atoms. The van der Waals surface area contributed by atoms with Crippen molar-refractivity contribution in [3.8, 4) is 0 Å². The summed E-state index contributed by atoms with van der Waals surface area (Å²) in [4.78, 5) is 52.8. The Labute approximate surface area is 120 Å². The number of carboxylic acids is 2. The highest BCUT2D eigenvalue weighted by Gasteiger charge is 2.44. The fraction of sp³-hybridized carbons (Fsp3) is 0.250. The Kier molecular flexibility index (Phi) is 5.51. The minimum Gasteiger partial charge on any atom is -0.480 e. The lowest BCUT2D eigenvalue weighted by molar-refractivity contribution is -0.138. The number of nitrogens with two attached hydrogens (primary N) is 1. The number of hydrogen-bond acceptors (Lipinski definition) is 6. The van der Waals surface area contributed by atoms with E-state index in [0.717, 1.165) is 0 Å². The van der Waals surface area contributed by atoms with Crippen molar-refractivity contribution >= 4 is 25.2 Å². The molecule has 1 aromatic carbocycles. The van der Waals surface area contributed by atoms with Crippen molar-refractivity contribution in [1.82, 2.24) is 0 Å². The number of rotatable bonds is 7. The van der Waals surface area contributed by atoms with Crippen LogP contribution in [0.3, 0.4) is 0 Å². The third-order valence-corrected chi connectivity index (χ3v) is 4.56. The molecular formula is C12H15NO7P+. The first kappa shape index (κ1) is 17.2. The van der Waals surface area contributed by atoms with Crippen LogP contribution in [0.15, 0.2) is 24.3 Å². The molecule has 8 nitrogen and oxygen atoms in total. The molecule has 0 heterocycles. The summed E-state index contributed by atoms with van der Waals surface area (Å²) in [6.07, 6.45) is -0.699. The number of carboxylic acid groups (broad SMARTS) is 2. The summed E-state index contributed by atoms with van der Waals surface area (Å²) < 4.78 is 0. The van der Waals surface area contributed by atoms with Crippen molar-refractivity contribution in [2.24, 2.45) is 5.73 Å². The molecule has 0 amide bonds. The van der Waals surface area contributed by atoms with Gasteiger partial charge in [0.05, 0.1) is 11.1 Å². The van der Waals surface area contributed by atoms with Crippen molar-refractivity contribution in [3.63, 3.8) is 0 Å². The lowest BCUT2D eigenvalue weighted by Gasteiger charge is -2.12. The van der Waals surface area contributed by atoms with Gasteiger partial charge in [0.1, 0.15) is 12.2 Å². The first-order valence-corrected chi connectivity index (χ1v) is 7.73. The van der Waals surface area contributed by atoms with Crippen molar-refractivity contribution < 1.29 is 34.4 Å². The number of aliphatic carboxylic acids is 1. The third-order valence-electron chi connectivity index (χ3n) is 2.77. The van der Waals surface area contributed by atoms with Gasteiger partial charge in [0.2, 0.25) is 0 Å². The molecule has 114 valence electrons. The van der Waals surface area contributed by atoms with E-state index in [1.807, 2.05) is 0 Å². The Bertz CT molecular complexity index is 555. The van der Waals surface area contributed by atoms with E-state index >= 15 is 0 Å². The summed E-state index contributed by atoms with van der Waals surface area (Å²) in [6, 6.07) is 3.39. The Morgan fingerprint density at radius 2 is 1.52 bits per heavy atom. The van der Waals surface area contributed by atoms with Gasteiger partial charge in [-0.25, -0.2) is 19.4 Å². The summed E-state index contributed by atoms with van der Waals surface area (Å²) in [5.74, 6) is -2.47. The fourth-order valence-electron chi connectivity index (χ4n) is 1.51. The second-order valence-corrected chi connectivity index (χ2v) is 6.69. The summed E-state index contributed by atoms with van der Waals surface area (Å²) in [7, 11) is -4.02. The highest BCUT2D eigenvalue weighted by atomic mass is 31.2. The first-order valence-electron chi connectivity index (χ1n) is 5.85. The molecule has 0 saturated heterocycles. The molecule has 6 N–H and O–H groups in total. The van der Waals surface area contributed by atoms with E-state index in [1.165, 1.54) is 24.3 Å². The van der Waals surface area contributed by atoms with E-state index in [0.29, 0.717) is 0 Å². The number of carbonyl (C=O) groups excluding carboxylic acids is 1. The summed E-state index contributed by atoms with van der Waals surface area (Å²) in [5, 5.41) is 17.3. The van der Waals surface area contributed by atoms with Crippen LogP contribution >= 0.6 is 7.72 Å². The molecule has 0 fully saturated rings. The minimum atomic E-state index is -4.02. The lowest BCUT2D eigenvalue weighted by atomic mass is 10.1. The summed E-state index contributed by atoms with van der Waals surface area (Å²) >= 11 is 0. The SMILES string of the molecule is N[C@@H](CC[P+](O)(O)C(=O)c1ccc(C(=O)O)cc1)C(=O)O. The van der Waals surface area contributed by atoms with E-state index in [4.69, 9.17) is 15.9 Å². The second-order valence-electron chi connectivity index (χ2n) is 4.38. The fourth-order valence-corrected chi connectivity index (χ4v) is 2.91. The molecule has 1 aromatic rings. The lowest BCUT2D eigenvalue weighted by Crippen LogP contribution is -2.31. The molecule has 0 saturated carbocycles. The Morgan fingerprint density at radius 1 is 1.05 bits per heavy atom. The van der Waals surface area contributed by atoms with E-state index < -0.39 is 37.4 Å². The monoisotopic (exact) mass is 316 g/mol. The van der Waals surface area contributed by atoms with E-state index in [-0.39, 0.29) is 17.5 Å². The maximum atomic E-state index is 11.9. The molecule has 9 heteroatoms. The topological polar surface area (TPSA) is 158 Å². The van der Waals surface area contributed by atoms with Gasteiger partial charge in [-0.1, -0.05) is 0 Å². The third kappa shape index (κ3) is 4.57. The average molecular weight is 316 g/mol. The van der Waals surface area contributed by atoms with Crippen molar-refractivity contribution in [2.75, 3.05) is 6.16 Å². The van der Waals surface area contributed by atoms with Crippen LogP contribution in [0.4, 0.5) is 0 Å². The molecular weight excluding hydrogens is 301 g/mol. The van der Waals surface area contributed by atoms with Crippen LogP contribution in [-0.4, -0.2) is 49.7 Å². The van der Waals surface area contributed by atoms with Crippen LogP contribution in [0.2, 0.25) is 0 Å². The van der Waals surface area contributed by atoms with E-state index in [1.54, 1.807) is 0 Å². The standard InChI is InChI=1S/C12H14NO7P/c13-9(11(16)17)5-6-21(19,20)12(18)8-3-1-7(2-4-8)10(14)15/h1-4,9,19-20H,5-6,13H2,(H-,14,15,16,17)/p+1/t9-/m0/s1. The van der Waals surface area contributed by atoms with Gasteiger partial charge in [-0.05, 0) is 24.3 Å². The van der Waals surface area contributed by atoms with Gasteiger partial charge in [0.15, 0.2) is 0 Å². The Hall–Kier alpha value is -1.86. The zero-order valence-electron chi connectivity index (χ0n) is 10.8. The smallest absolute Gasteiger partial charge is 0.356 e. The van der Waals surface area contributed by atoms with Gasteiger partial charge in [0, 0.05) is 6.42 Å². The van der Waals surface area contributed by atoms with E-state index in [9.17, 15) is 24.2 Å². The average Bonchev–Trinajstić information content (AvgIpc) is 2.43. The number of carbonyl (C=O) groups is 3. The van der Waals surface area contributed by atoms with Crippen LogP contribution < -0.4 is 5.73 Å². The minimum absolute atomic E-state index is 0.0423. The van der Waals surface area contributed by atoms with Crippen LogP contribution in [0.5, 0.6) is 0 Å². The van der Waals surface area contributed by atoms with Crippen molar-refractivity contribution in [2.45, 2.75) is 12.5 Å². The van der Waals surface area contributed by atoms with Gasteiger partial charge in [-0.15, -0.1) is 0 Å². The number of aromatic carboxylic acids is 1. The van der Waals surface area contributed by atoms with Crippen molar-refractivity contribution in [3.05, 3.63) is 35.4 Å². The Morgan fingerprint density at radius 3 is 1.95 bits per heavy atom. The molecule has 0 aliphatic heterocycles. The summed E-state index contributed by atoms with van der Waals surface area (Å²) in [5.41, 5.74) is 4.19. The molecule has 1 atom stereocenters. The zero-order valence-corrected chi connectivity index (χ0v) is 11.7. The quantitative estimate of drug-likeness (QED) is 0.445. The number of benzene rings is 1. The highest BCUT2D eigenvalue weighted by molar-refractivity contribution is 7.81. The molecule has 0 spiro atoms. The molecule has 0 aromatic heterocycles. The van der Waals surface area contributed by atoms with Gasteiger partial charge < -0.3 is 15.9 Å². The number of hydrogen-bond donors (Lipinski definition) is 5. The van der Waals surface area contributed by atoms with Crippen LogP contribution in [-0.2, 0) is 4.79 Å². The molecule has 1 rings (SSSR count). The predicted octanol–water partition coefficient (Wildman–Crippen LogP) is 0.159. The van der Waals surface area contributed by atoms with Gasteiger partial charge in [-0.2, -0.15) is 0 Å². The molecule has 0 aliphatic carbocycles. The largest absolute Gasteiger partial charge is 0.480 e. The van der Waals surface area contributed by atoms with Crippen molar-refractivity contribution in [1.29, 1.82) is 0 Å².